The summed E-state index contributed by atoms with van der Waals surface area (Å²) in [6, 6.07) is 1.85. The first-order valence-electron chi connectivity index (χ1n) is 3.33. The lowest BCUT2D eigenvalue weighted by Crippen LogP contribution is -1.96. The van der Waals surface area contributed by atoms with Crippen molar-refractivity contribution in [3.05, 3.63) is 24.4 Å². The lowest BCUT2D eigenvalue weighted by atomic mass is 10.2. The normalized spacial score (nSPS) is 9.18. The van der Waals surface area contributed by atoms with Crippen LogP contribution in [0.1, 0.15) is 5.56 Å². The van der Waals surface area contributed by atoms with Gasteiger partial charge in [0.05, 0.1) is 11.9 Å². The number of nitrogens with one attached hydrogen (secondary N) is 1. The van der Waals surface area contributed by atoms with Crippen molar-refractivity contribution in [1.29, 1.82) is 0 Å². The molecule has 1 heterocycles. The number of hydrogen-bond acceptors (Lipinski definition) is 3. The number of hydrogen-bond donors (Lipinski definition) is 2. The molecule has 1 rings (SSSR count). The van der Waals surface area contributed by atoms with E-state index >= 15 is 0 Å². The third-order valence-corrected chi connectivity index (χ3v) is 1.44. The summed E-state index contributed by atoms with van der Waals surface area (Å²) in [5.41, 5.74) is 7.15. The number of nitrogens with zero attached hydrogens (tertiary/aromatic N) is 1. The first-order valence-corrected chi connectivity index (χ1v) is 3.33. The van der Waals surface area contributed by atoms with E-state index in [0.717, 1.165) is 11.4 Å². The maximum Gasteiger partial charge on any atom is 0.126 e. The van der Waals surface area contributed by atoms with E-state index in [1.165, 1.54) is 0 Å². The molecule has 0 aliphatic carbocycles. The summed E-state index contributed by atoms with van der Waals surface area (Å²) in [5.74, 6) is 0.800. The van der Waals surface area contributed by atoms with Gasteiger partial charge >= 0.3 is 0 Å². The summed E-state index contributed by atoms with van der Waals surface area (Å²) in [4.78, 5) is 4.02. The Bertz CT molecular complexity index is 268. The molecular formula is C8H11N3. The van der Waals surface area contributed by atoms with Crippen LogP contribution in [-0.4, -0.2) is 12.0 Å². The first kappa shape index (κ1) is 7.60. The smallest absolute Gasteiger partial charge is 0.126 e. The molecule has 3 heteroatoms. The predicted molar refractivity (Wildman–Crippen MR) is 48.3 cm³/mol. The van der Waals surface area contributed by atoms with Crippen LogP contribution in [0.25, 0.3) is 6.08 Å². The van der Waals surface area contributed by atoms with Crippen LogP contribution in [0.3, 0.4) is 0 Å². The molecule has 0 spiro atoms. The van der Waals surface area contributed by atoms with Gasteiger partial charge in [-0.1, -0.05) is 12.7 Å². The zero-order chi connectivity index (χ0) is 8.27. The van der Waals surface area contributed by atoms with Gasteiger partial charge in [0.25, 0.3) is 0 Å². The Morgan fingerprint density at radius 3 is 3.00 bits per heavy atom. The van der Waals surface area contributed by atoms with Crippen molar-refractivity contribution >= 4 is 17.6 Å². The fourth-order valence-corrected chi connectivity index (χ4v) is 0.795. The van der Waals surface area contributed by atoms with Crippen LogP contribution in [0.4, 0.5) is 11.5 Å². The van der Waals surface area contributed by atoms with Crippen molar-refractivity contribution in [2.75, 3.05) is 18.1 Å². The summed E-state index contributed by atoms with van der Waals surface area (Å²) < 4.78 is 0. The van der Waals surface area contributed by atoms with Gasteiger partial charge in [0.2, 0.25) is 0 Å². The van der Waals surface area contributed by atoms with Gasteiger partial charge in [-0.15, -0.1) is 0 Å². The third-order valence-electron chi connectivity index (χ3n) is 1.44. The molecule has 0 radical (unpaired) electrons. The molecule has 0 amide bonds. The molecule has 0 saturated carbocycles. The molecule has 0 unspecified atom stereocenters. The topological polar surface area (TPSA) is 50.9 Å². The average molecular weight is 149 g/mol. The lowest BCUT2D eigenvalue weighted by Gasteiger charge is -2.02. The van der Waals surface area contributed by atoms with Crippen LogP contribution in [0.5, 0.6) is 0 Å². The van der Waals surface area contributed by atoms with Crippen LogP contribution in [0.2, 0.25) is 0 Å². The molecule has 0 aromatic carbocycles. The Labute approximate surface area is 65.9 Å². The fourth-order valence-electron chi connectivity index (χ4n) is 0.795. The Morgan fingerprint density at radius 2 is 2.45 bits per heavy atom. The monoisotopic (exact) mass is 149 g/mol. The Kier molecular flexibility index (Phi) is 2.11. The Balaban J connectivity index is 3.12. The number of pyridine rings is 1. The molecule has 0 bridgehead atoms. The van der Waals surface area contributed by atoms with E-state index in [9.17, 15) is 0 Å². The largest absolute Gasteiger partial charge is 0.397 e. The average Bonchev–Trinajstić information content (AvgIpc) is 2.05. The lowest BCUT2D eigenvalue weighted by molar-refractivity contribution is 1.28. The number of rotatable bonds is 2. The molecule has 1 aromatic heterocycles. The molecule has 0 fully saturated rings. The number of nitrogen functional groups attached to an aromatic ring is 1. The van der Waals surface area contributed by atoms with Gasteiger partial charge in [0.15, 0.2) is 0 Å². The summed E-state index contributed by atoms with van der Waals surface area (Å²) >= 11 is 0. The highest BCUT2D eigenvalue weighted by Crippen LogP contribution is 2.14. The van der Waals surface area contributed by atoms with Gasteiger partial charge in [-0.2, -0.15) is 0 Å². The van der Waals surface area contributed by atoms with E-state index in [1.807, 2.05) is 13.1 Å². The molecule has 0 saturated heterocycles. The van der Waals surface area contributed by atoms with E-state index in [2.05, 4.69) is 16.9 Å². The second-order valence-corrected chi connectivity index (χ2v) is 2.15. The van der Waals surface area contributed by atoms with E-state index in [0.29, 0.717) is 5.69 Å². The second-order valence-electron chi connectivity index (χ2n) is 2.15. The van der Waals surface area contributed by atoms with Crippen LogP contribution in [-0.2, 0) is 0 Å². The molecule has 11 heavy (non-hydrogen) atoms. The maximum atomic E-state index is 5.59. The van der Waals surface area contributed by atoms with Crippen molar-refractivity contribution < 1.29 is 0 Å². The third kappa shape index (κ3) is 1.49. The molecule has 58 valence electrons. The standard InChI is InChI=1S/C8H11N3/c1-3-6-4-8(10-2)11-5-7(6)9/h3-5H,1,9H2,2H3,(H,10,11). The first-order chi connectivity index (χ1) is 5.27. The Hall–Kier alpha value is -1.51. The predicted octanol–water partition coefficient (Wildman–Crippen LogP) is 1.35. The van der Waals surface area contributed by atoms with Gasteiger partial charge < -0.3 is 11.1 Å². The maximum absolute atomic E-state index is 5.59. The van der Waals surface area contributed by atoms with Crippen molar-refractivity contribution in [2.24, 2.45) is 0 Å². The van der Waals surface area contributed by atoms with E-state index in [1.54, 1.807) is 12.3 Å². The van der Waals surface area contributed by atoms with Gasteiger partial charge in [-0.05, 0) is 6.07 Å². The molecular weight excluding hydrogens is 138 g/mol. The minimum absolute atomic E-state index is 0.652. The zero-order valence-electron chi connectivity index (χ0n) is 6.46. The molecule has 0 aliphatic heterocycles. The van der Waals surface area contributed by atoms with E-state index in [4.69, 9.17) is 5.73 Å². The second kappa shape index (κ2) is 3.05. The van der Waals surface area contributed by atoms with Crippen molar-refractivity contribution in [3.8, 4) is 0 Å². The van der Waals surface area contributed by atoms with Crippen molar-refractivity contribution in [1.82, 2.24) is 4.98 Å². The number of nitrogens with two attached hydrogens (primary N) is 1. The van der Waals surface area contributed by atoms with Gasteiger partial charge in [-0.25, -0.2) is 4.98 Å². The van der Waals surface area contributed by atoms with Gasteiger partial charge in [-0.3, -0.25) is 0 Å². The number of aromatic nitrogens is 1. The van der Waals surface area contributed by atoms with Crippen molar-refractivity contribution in [3.63, 3.8) is 0 Å². The van der Waals surface area contributed by atoms with Gasteiger partial charge in [0, 0.05) is 12.6 Å². The molecule has 0 aliphatic rings. The van der Waals surface area contributed by atoms with Crippen molar-refractivity contribution in [2.45, 2.75) is 0 Å². The fraction of sp³-hybridized carbons (Fsp3) is 0.125. The van der Waals surface area contributed by atoms with Crippen LogP contribution in [0.15, 0.2) is 18.8 Å². The highest BCUT2D eigenvalue weighted by Gasteiger charge is 1.95. The number of anilines is 2. The van der Waals surface area contributed by atoms with Gasteiger partial charge in [0.1, 0.15) is 5.82 Å². The minimum Gasteiger partial charge on any atom is -0.397 e. The molecule has 3 N–H and O–H groups in total. The minimum atomic E-state index is 0.652. The molecule has 1 aromatic rings. The highest BCUT2D eigenvalue weighted by molar-refractivity contribution is 5.65. The van der Waals surface area contributed by atoms with E-state index < -0.39 is 0 Å². The van der Waals surface area contributed by atoms with Crippen LogP contribution < -0.4 is 11.1 Å². The quantitative estimate of drug-likeness (QED) is 0.667. The summed E-state index contributed by atoms with van der Waals surface area (Å²) in [6.07, 6.45) is 3.32. The molecule has 3 nitrogen and oxygen atoms in total. The van der Waals surface area contributed by atoms with Crippen LogP contribution in [0, 0.1) is 0 Å². The van der Waals surface area contributed by atoms with Crippen LogP contribution >= 0.6 is 0 Å². The summed E-state index contributed by atoms with van der Waals surface area (Å²) in [7, 11) is 1.81. The Morgan fingerprint density at radius 1 is 1.73 bits per heavy atom. The summed E-state index contributed by atoms with van der Waals surface area (Å²) in [5, 5.41) is 2.91. The zero-order valence-corrected chi connectivity index (χ0v) is 6.46. The molecule has 0 atom stereocenters. The SMILES string of the molecule is C=Cc1cc(NC)ncc1N. The highest BCUT2D eigenvalue weighted by atomic mass is 15.0. The summed E-state index contributed by atoms with van der Waals surface area (Å²) in [6.45, 7) is 3.63. The van der Waals surface area contributed by atoms with E-state index in [-0.39, 0.29) is 0 Å².